The molecule has 1 aromatic carbocycles. The summed E-state index contributed by atoms with van der Waals surface area (Å²) >= 11 is 0. The smallest absolute Gasteiger partial charge is 0.304 e. The Labute approximate surface area is 145 Å². The van der Waals surface area contributed by atoms with Crippen LogP contribution in [-0.4, -0.2) is 48.5 Å². The van der Waals surface area contributed by atoms with Gasteiger partial charge in [-0.2, -0.15) is 12.7 Å². The normalized spacial score (nSPS) is 15.4. The number of fused-ring (bicyclic) bond motifs is 1. The molecule has 0 radical (unpaired) electrons. The van der Waals surface area contributed by atoms with Gasteiger partial charge in [-0.3, -0.25) is 14.3 Å². The van der Waals surface area contributed by atoms with E-state index >= 15 is 0 Å². The highest BCUT2D eigenvalue weighted by Crippen LogP contribution is 2.25. The summed E-state index contributed by atoms with van der Waals surface area (Å²) < 4.78 is 27.6. The number of pyridine rings is 1. The molecule has 0 saturated carbocycles. The van der Waals surface area contributed by atoms with Crippen LogP contribution in [0.5, 0.6) is 0 Å². The van der Waals surface area contributed by atoms with Gasteiger partial charge in [-0.05, 0) is 26.2 Å². The Kier molecular flexibility index (Phi) is 4.44. The first-order chi connectivity index (χ1) is 11.8. The van der Waals surface area contributed by atoms with E-state index in [9.17, 15) is 18.0 Å². The highest BCUT2D eigenvalue weighted by atomic mass is 32.2. The molecular weight excluding hydrogens is 344 g/mol. The van der Waals surface area contributed by atoms with Crippen LogP contribution in [0, 0.1) is 0 Å². The van der Waals surface area contributed by atoms with Gasteiger partial charge in [0.25, 0.3) is 0 Å². The number of carbonyl (C=O) groups excluding carboxylic acids is 2. The zero-order valence-electron chi connectivity index (χ0n) is 13.9. The average molecular weight is 362 g/mol. The predicted molar refractivity (Wildman–Crippen MR) is 92.8 cm³/mol. The Hall–Kier alpha value is -2.52. The highest BCUT2D eigenvalue weighted by Gasteiger charge is 2.39. The number of imide groups is 1. The molecule has 0 atom stereocenters. The summed E-state index contributed by atoms with van der Waals surface area (Å²) in [4.78, 5) is 29.9. The minimum absolute atomic E-state index is 0.0967. The zero-order chi connectivity index (χ0) is 18.2. The average Bonchev–Trinajstić information content (AvgIpc) is 2.86. The lowest BCUT2D eigenvalue weighted by Crippen LogP contribution is -2.39. The summed E-state index contributed by atoms with van der Waals surface area (Å²) in [5.41, 5.74) is 1.47. The van der Waals surface area contributed by atoms with E-state index in [2.05, 4.69) is 9.71 Å². The van der Waals surface area contributed by atoms with E-state index in [0.29, 0.717) is 16.4 Å². The van der Waals surface area contributed by atoms with Crippen LogP contribution in [0.25, 0.3) is 10.9 Å². The van der Waals surface area contributed by atoms with Crippen LogP contribution >= 0.6 is 0 Å². The Morgan fingerprint density at radius 1 is 1.12 bits per heavy atom. The van der Waals surface area contributed by atoms with Gasteiger partial charge in [-0.15, -0.1) is 0 Å². The van der Waals surface area contributed by atoms with Gasteiger partial charge in [0.1, 0.15) is 0 Å². The molecule has 2 heterocycles. The van der Waals surface area contributed by atoms with Crippen LogP contribution in [0.2, 0.25) is 0 Å². The Morgan fingerprint density at radius 2 is 1.80 bits per heavy atom. The number of nitrogens with one attached hydrogen (secondary N) is 1. The maximum absolute atomic E-state index is 12.5. The minimum atomic E-state index is -4.30. The van der Waals surface area contributed by atoms with Crippen molar-refractivity contribution in [2.75, 3.05) is 18.8 Å². The summed E-state index contributed by atoms with van der Waals surface area (Å²) in [5.74, 6) is -1.45. The van der Waals surface area contributed by atoms with E-state index in [-0.39, 0.29) is 18.5 Å². The Bertz CT molecular complexity index is 940. The van der Waals surface area contributed by atoms with Gasteiger partial charge in [0, 0.05) is 24.8 Å². The number of amides is 2. The van der Waals surface area contributed by atoms with E-state index < -0.39 is 22.0 Å². The first kappa shape index (κ1) is 17.3. The van der Waals surface area contributed by atoms with Crippen molar-refractivity contribution in [3.05, 3.63) is 36.0 Å². The van der Waals surface area contributed by atoms with Crippen LogP contribution in [0.1, 0.15) is 18.5 Å². The summed E-state index contributed by atoms with van der Waals surface area (Å²) in [6.07, 6.45) is -0.193. The fourth-order valence-corrected chi connectivity index (χ4v) is 3.94. The Balaban J connectivity index is 2.00. The SMILES string of the molecule is CN(C)Cc1ccc2cccc(NS(=O)(=O)N3C(=O)CCC3=O)c2n1. The molecule has 1 aromatic heterocycles. The van der Waals surface area contributed by atoms with Crippen LogP contribution < -0.4 is 4.72 Å². The third-order valence-electron chi connectivity index (χ3n) is 3.74. The van der Waals surface area contributed by atoms with Gasteiger partial charge in [-0.25, -0.2) is 4.98 Å². The fourth-order valence-electron chi connectivity index (χ4n) is 2.69. The molecule has 3 rings (SSSR count). The Morgan fingerprint density at radius 3 is 2.44 bits per heavy atom. The number of aromatic nitrogens is 1. The van der Waals surface area contributed by atoms with Gasteiger partial charge in [0.15, 0.2) is 0 Å². The van der Waals surface area contributed by atoms with Crippen molar-refractivity contribution in [3.63, 3.8) is 0 Å². The van der Waals surface area contributed by atoms with E-state index in [1.165, 1.54) is 0 Å². The molecule has 0 spiro atoms. The van der Waals surface area contributed by atoms with Gasteiger partial charge < -0.3 is 4.90 Å². The lowest BCUT2D eigenvalue weighted by atomic mass is 10.2. The molecular formula is C16H18N4O4S. The largest absolute Gasteiger partial charge is 0.333 e. The second kappa shape index (κ2) is 6.41. The van der Waals surface area contributed by atoms with Gasteiger partial charge in [0.05, 0.1) is 16.9 Å². The molecule has 9 heteroatoms. The van der Waals surface area contributed by atoms with Crippen LogP contribution in [0.4, 0.5) is 5.69 Å². The number of rotatable bonds is 5. The third-order valence-corrected chi connectivity index (χ3v) is 5.11. The van der Waals surface area contributed by atoms with E-state index in [0.717, 1.165) is 11.1 Å². The molecule has 2 aromatic rings. The minimum Gasteiger partial charge on any atom is -0.304 e. The number of hydrogen-bond acceptors (Lipinski definition) is 6. The van der Waals surface area contributed by atoms with E-state index in [1.807, 2.05) is 37.2 Å². The monoisotopic (exact) mass is 362 g/mol. The van der Waals surface area contributed by atoms with Crippen molar-refractivity contribution in [2.24, 2.45) is 0 Å². The highest BCUT2D eigenvalue weighted by molar-refractivity contribution is 7.91. The number of anilines is 1. The first-order valence-corrected chi connectivity index (χ1v) is 9.14. The van der Waals surface area contributed by atoms with Gasteiger partial charge in [-0.1, -0.05) is 18.2 Å². The van der Waals surface area contributed by atoms with Crippen molar-refractivity contribution in [2.45, 2.75) is 19.4 Å². The second-order valence-electron chi connectivity index (χ2n) is 6.08. The van der Waals surface area contributed by atoms with Crippen molar-refractivity contribution in [1.29, 1.82) is 0 Å². The molecule has 132 valence electrons. The maximum Gasteiger partial charge on any atom is 0.333 e. The molecule has 1 aliphatic rings. The van der Waals surface area contributed by atoms with Gasteiger partial charge >= 0.3 is 10.2 Å². The topological polar surface area (TPSA) is 99.7 Å². The first-order valence-electron chi connectivity index (χ1n) is 7.70. The third kappa shape index (κ3) is 3.47. The zero-order valence-corrected chi connectivity index (χ0v) is 14.7. The molecule has 0 aliphatic carbocycles. The predicted octanol–water partition coefficient (Wildman–Crippen LogP) is 1.10. The number of para-hydroxylation sites is 1. The van der Waals surface area contributed by atoms with Crippen molar-refractivity contribution in [3.8, 4) is 0 Å². The van der Waals surface area contributed by atoms with Crippen LogP contribution in [-0.2, 0) is 26.3 Å². The molecule has 1 fully saturated rings. The lowest BCUT2D eigenvalue weighted by molar-refractivity contribution is -0.132. The van der Waals surface area contributed by atoms with Crippen molar-refractivity contribution in [1.82, 2.24) is 14.2 Å². The molecule has 8 nitrogen and oxygen atoms in total. The summed E-state index contributed by atoms with van der Waals surface area (Å²) in [7, 11) is -0.489. The molecule has 1 aliphatic heterocycles. The van der Waals surface area contributed by atoms with Crippen LogP contribution in [0.15, 0.2) is 30.3 Å². The molecule has 25 heavy (non-hydrogen) atoms. The number of carbonyl (C=O) groups is 2. The number of benzene rings is 1. The van der Waals surface area contributed by atoms with Crippen molar-refractivity contribution >= 4 is 38.6 Å². The van der Waals surface area contributed by atoms with Gasteiger partial charge in [0.2, 0.25) is 11.8 Å². The van der Waals surface area contributed by atoms with E-state index in [4.69, 9.17) is 0 Å². The molecule has 1 N–H and O–H groups in total. The summed E-state index contributed by atoms with van der Waals surface area (Å²) in [6, 6.07) is 8.77. The second-order valence-corrected chi connectivity index (χ2v) is 7.60. The molecule has 2 amide bonds. The van der Waals surface area contributed by atoms with Crippen molar-refractivity contribution < 1.29 is 18.0 Å². The van der Waals surface area contributed by atoms with Crippen LogP contribution in [0.3, 0.4) is 0 Å². The molecule has 0 unspecified atom stereocenters. The number of nitrogens with zero attached hydrogens (tertiary/aromatic N) is 3. The fraction of sp³-hybridized carbons (Fsp3) is 0.312. The lowest BCUT2D eigenvalue weighted by Gasteiger charge is -2.17. The standard InChI is InChI=1S/C16H18N4O4S/c1-19(2)10-12-7-6-11-4-3-5-13(16(11)17-12)18-25(23,24)20-14(21)8-9-15(20)22/h3-7,18H,8-10H2,1-2H3. The van der Waals surface area contributed by atoms with E-state index in [1.54, 1.807) is 12.1 Å². The summed E-state index contributed by atoms with van der Waals surface area (Å²) in [6.45, 7) is 0.597. The molecule has 1 saturated heterocycles. The molecule has 0 bridgehead atoms. The maximum atomic E-state index is 12.5. The number of hydrogen-bond donors (Lipinski definition) is 1. The summed E-state index contributed by atoms with van der Waals surface area (Å²) in [5, 5.41) is 0.752. The quantitative estimate of drug-likeness (QED) is 0.800.